The molecule has 1 amide bonds. The van der Waals surface area contributed by atoms with Crippen molar-refractivity contribution in [2.45, 2.75) is 45.6 Å². The average Bonchev–Trinajstić information content (AvgIpc) is 3.25. The zero-order valence-electron chi connectivity index (χ0n) is 17.6. The summed E-state index contributed by atoms with van der Waals surface area (Å²) in [6.07, 6.45) is 8.14. The molecule has 3 N–H and O–H groups in total. The summed E-state index contributed by atoms with van der Waals surface area (Å²) >= 11 is 0. The molecule has 0 aliphatic heterocycles. The molecule has 0 radical (unpaired) electrons. The molecule has 0 spiro atoms. The molecule has 1 heterocycles. The fourth-order valence-corrected chi connectivity index (χ4v) is 4.04. The van der Waals surface area contributed by atoms with E-state index in [-0.39, 0.29) is 5.69 Å². The van der Waals surface area contributed by atoms with Crippen LogP contribution in [0.25, 0.3) is 0 Å². The van der Waals surface area contributed by atoms with Crippen LogP contribution in [0.5, 0.6) is 11.5 Å². The summed E-state index contributed by atoms with van der Waals surface area (Å²) in [7, 11) is -4.28. The van der Waals surface area contributed by atoms with Crippen LogP contribution in [0.2, 0.25) is 0 Å². The van der Waals surface area contributed by atoms with Crippen LogP contribution >= 0.6 is 0 Å². The van der Waals surface area contributed by atoms with E-state index < -0.39 is 21.9 Å². The summed E-state index contributed by atoms with van der Waals surface area (Å²) in [6, 6.07) is 9.02. The van der Waals surface area contributed by atoms with Gasteiger partial charge in [0.1, 0.15) is 23.1 Å². The zero-order chi connectivity index (χ0) is 22.3. The Balaban J connectivity index is 1.49. The predicted molar refractivity (Wildman–Crippen MR) is 118 cm³/mol. The second kappa shape index (κ2) is 10.7. The van der Waals surface area contributed by atoms with Crippen molar-refractivity contribution in [3.05, 3.63) is 53.3 Å². The number of pyridine rings is 1. The van der Waals surface area contributed by atoms with Gasteiger partial charge in [0.2, 0.25) is 0 Å². The lowest BCUT2D eigenvalue weighted by Crippen LogP contribution is -2.29. The molecule has 8 nitrogen and oxygen atoms in total. The maximum atomic E-state index is 11.8. The van der Waals surface area contributed by atoms with Crippen molar-refractivity contribution in [2.24, 2.45) is 5.92 Å². The molecule has 0 atom stereocenters. The number of aromatic nitrogens is 1. The Morgan fingerprint density at radius 1 is 1.23 bits per heavy atom. The van der Waals surface area contributed by atoms with Crippen LogP contribution in [0.1, 0.15) is 53.7 Å². The normalized spacial score (nSPS) is 14.5. The second-order valence-electron chi connectivity index (χ2n) is 7.93. The van der Waals surface area contributed by atoms with Gasteiger partial charge in [-0.25, -0.2) is 4.98 Å². The first kappa shape index (κ1) is 23.2. The Morgan fingerprint density at radius 3 is 2.65 bits per heavy atom. The summed E-state index contributed by atoms with van der Waals surface area (Å²) in [5, 5.41) is 5.59. The largest absolute Gasteiger partial charge is 0.455 e. The first-order valence-electron chi connectivity index (χ1n) is 10.5. The molecule has 0 unspecified atom stereocenters. The van der Waals surface area contributed by atoms with Crippen molar-refractivity contribution >= 4 is 16.0 Å². The third-order valence-electron chi connectivity index (χ3n) is 5.38. The molecule has 3 rings (SSSR count). The fraction of sp³-hybridized carbons (Fsp3) is 0.455. The number of hydrogen-bond acceptors (Lipinski definition) is 6. The van der Waals surface area contributed by atoms with Gasteiger partial charge in [0.25, 0.3) is 16.0 Å². The Morgan fingerprint density at radius 2 is 2.00 bits per heavy atom. The van der Waals surface area contributed by atoms with Crippen molar-refractivity contribution in [1.29, 1.82) is 0 Å². The quantitative estimate of drug-likeness (QED) is 0.377. The highest BCUT2D eigenvalue weighted by Gasteiger charge is 2.14. The standard InChI is InChI=1S/C22H29N3O5S/c1-16-12-18(13-23-11-10-17-4-2-3-5-17)6-9-21(16)30-19-7-8-20(24-14-19)22(26)25-15-31(27,28)29/h6-9,12,14,17,23H,2-5,10-11,13,15H2,1H3,(H,25,26)(H,27,28,29). The number of amides is 1. The van der Waals surface area contributed by atoms with Gasteiger partial charge < -0.3 is 15.4 Å². The van der Waals surface area contributed by atoms with Gasteiger partial charge in [-0.05, 0) is 55.1 Å². The van der Waals surface area contributed by atoms with Crippen LogP contribution < -0.4 is 15.4 Å². The van der Waals surface area contributed by atoms with E-state index in [0.29, 0.717) is 11.5 Å². The summed E-state index contributed by atoms with van der Waals surface area (Å²) in [5.41, 5.74) is 2.21. The number of nitrogens with one attached hydrogen (secondary N) is 2. The molecule has 9 heteroatoms. The summed E-state index contributed by atoms with van der Waals surface area (Å²) < 4.78 is 36.0. The molecule has 0 bridgehead atoms. The molecule has 0 saturated heterocycles. The van der Waals surface area contributed by atoms with Crippen LogP contribution in [-0.4, -0.2) is 36.3 Å². The highest BCUT2D eigenvalue weighted by atomic mass is 32.2. The number of rotatable bonds is 10. The molecule has 1 aromatic carbocycles. The average molecular weight is 448 g/mol. The van der Waals surface area contributed by atoms with Gasteiger partial charge in [-0.2, -0.15) is 8.42 Å². The van der Waals surface area contributed by atoms with E-state index in [9.17, 15) is 13.2 Å². The number of nitrogens with zero attached hydrogens (tertiary/aromatic N) is 1. The van der Waals surface area contributed by atoms with Gasteiger partial charge in [-0.15, -0.1) is 0 Å². The Kier molecular flexibility index (Phi) is 8.00. The summed E-state index contributed by atoms with van der Waals surface area (Å²) in [4.78, 5) is 15.8. The molecule has 1 aromatic heterocycles. The van der Waals surface area contributed by atoms with Gasteiger partial charge in [0.15, 0.2) is 0 Å². The van der Waals surface area contributed by atoms with E-state index in [1.807, 2.05) is 19.1 Å². The maximum Gasteiger partial charge on any atom is 0.283 e. The molecule has 1 aliphatic rings. The Hall–Kier alpha value is -2.49. The lowest BCUT2D eigenvalue weighted by Gasteiger charge is -2.12. The number of carbonyl (C=O) groups excluding carboxylic acids is 1. The summed E-state index contributed by atoms with van der Waals surface area (Å²) in [5.74, 6) is 0.466. The molecule has 31 heavy (non-hydrogen) atoms. The van der Waals surface area contributed by atoms with Gasteiger partial charge in [-0.1, -0.05) is 37.8 Å². The van der Waals surface area contributed by atoms with Gasteiger partial charge >= 0.3 is 0 Å². The molecular weight excluding hydrogens is 418 g/mol. The third kappa shape index (κ3) is 7.61. The first-order chi connectivity index (χ1) is 14.8. The molecule has 2 aromatic rings. The minimum absolute atomic E-state index is 0.0201. The highest BCUT2D eigenvalue weighted by molar-refractivity contribution is 7.85. The van der Waals surface area contributed by atoms with Crippen molar-refractivity contribution in [1.82, 2.24) is 15.6 Å². The van der Waals surface area contributed by atoms with Crippen molar-refractivity contribution in [2.75, 3.05) is 12.4 Å². The topological polar surface area (TPSA) is 118 Å². The second-order valence-corrected chi connectivity index (χ2v) is 9.38. The monoisotopic (exact) mass is 447 g/mol. The van der Waals surface area contributed by atoms with Gasteiger partial charge in [0, 0.05) is 6.54 Å². The maximum absolute atomic E-state index is 11.8. The van der Waals surface area contributed by atoms with Crippen LogP contribution in [-0.2, 0) is 16.7 Å². The predicted octanol–water partition coefficient (Wildman–Crippen LogP) is 3.43. The van der Waals surface area contributed by atoms with Crippen molar-refractivity contribution in [3.63, 3.8) is 0 Å². The van der Waals surface area contributed by atoms with Crippen molar-refractivity contribution < 1.29 is 22.5 Å². The van der Waals surface area contributed by atoms with Crippen LogP contribution in [0.4, 0.5) is 0 Å². The highest BCUT2D eigenvalue weighted by Crippen LogP contribution is 2.27. The molecular formula is C22H29N3O5S. The Bertz CT molecular complexity index is 987. The molecule has 1 aliphatic carbocycles. The lowest BCUT2D eigenvalue weighted by atomic mass is 10.0. The first-order valence-corrected chi connectivity index (χ1v) is 12.1. The smallest absolute Gasteiger partial charge is 0.283 e. The van der Waals surface area contributed by atoms with Gasteiger partial charge in [-0.3, -0.25) is 9.35 Å². The van der Waals surface area contributed by atoms with Crippen molar-refractivity contribution in [3.8, 4) is 11.5 Å². The SMILES string of the molecule is Cc1cc(CNCCC2CCCC2)ccc1Oc1ccc(C(=O)NCS(=O)(=O)O)nc1. The number of aryl methyl sites for hydroxylation is 1. The third-order valence-corrected chi connectivity index (χ3v) is 5.89. The molecule has 1 fully saturated rings. The van der Waals surface area contributed by atoms with E-state index in [1.165, 1.54) is 49.9 Å². The molecule has 168 valence electrons. The minimum atomic E-state index is -4.28. The van der Waals surface area contributed by atoms with E-state index in [0.717, 1.165) is 24.6 Å². The Labute approximate surface area is 183 Å². The van der Waals surface area contributed by atoms with Gasteiger partial charge in [0.05, 0.1) is 6.20 Å². The minimum Gasteiger partial charge on any atom is -0.455 e. The number of ether oxygens (including phenoxy) is 1. The number of hydrogen-bond donors (Lipinski definition) is 3. The van der Waals surface area contributed by atoms with Crippen LogP contribution in [0.3, 0.4) is 0 Å². The fourth-order valence-electron chi connectivity index (χ4n) is 3.72. The molecule has 1 saturated carbocycles. The summed E-state index contributed by atoms with van der Waals surface area (Å²) in [6.45, 7) is 3.84. The van der Waals surface area contributed by atoms with E-state index >= 15 is 0 Å². The van der Waals surface area contributed by atoms with Crippen LogP contribution in [0, 0.1) is 12.8 Å². The number of carbonyl (C=O) groups is 1. The van der Waals surface area contributed by atoms with E-state index in [4.69, 9.17) is 9.29 Å². The number of benzene rings is 1. The zero-order valence-corrected chi connectivity index (χ0v) is 18.5. The van der Waals surface area contributed by atoms with E-state index in [1.54, 1.807) is 6.07 Å². The lowest BCUT2D eigenvalue weighted by molar-refractivity contribution is 0.0954. The van der Waals surface area contributed by atoms with Crippen LogP contribution in [0.15, 0.2) is 36.5 Å². The van der Waals surface area contributed by atoms with E-state index in [2.05, 4.69) is 21.7 Å².